The lowest BCUT2D eigenvalue weighted by Crippen LogP contribution is -3.00. The molecule has 1 atom stereocenters. The minimum Gasteiger partial charge on any atom is -1.00 e. The van der Waals surface area contributed by atoms with Gasteiger partial charge in [0.1, 0.15) is 18.1 Å². The molecule has 4 aliphatic rings. The summed E-state index contributed by atoms with van der Waals surface area (Å²) in [7, 11) is 0. The van der Waals surface area contributed by atoms with Gasteiger partial charge < -0.3 is 26.9 Å². The fourth-order valence-electron chi connectivity index (χ4n) is 6.68. The van der Waals surface area contributed by atoms with Crippen LogP contribution in [-0.4, -0.2) is 53.6 Å². The van der Waals surface area contributed by atoms with Crippen LogP contribution in [0, 0.1) is 5.92 Å². The van der Waals surface area contributed by atoms with Crippen LogP contribution >= 0.6 is 0 Å². The van der Waals surface area contributed by atoms with Crippen molar-refractivity contribution in [2.45, 2.75) is 69.1 Å². The maximum absolute atomic E-state index is 13.9. The van der Waals surface area contributed by atoms with Crippen molar-refractivity contribution >= 4 is 17.7 Å². The number of amides is 1. The number of halogens is 4. The summed E-state index contributed by atoms with van der Waals surface area (Å²) in [5.74, 6) is -0.381. The number of pyridine rings is 1. The van der Waals surface area contributed by atoms with E-state index in [2.05, 4.69) is 10.3 Å². The molecule has 0 unspecified atom stereocenters. The highest BCUT2D eigenvalue weighted by Crippen LogP contribution is 2.42. The Bertz CT molecular complexity index is 1150. The standard InChI is InChI=1S/C29H34F3N3O3.ClH/c30-29(31,32)24-11-8-12-25(33-24)34-26(36)20-35-17-13-21(14-18-35)23(19-35)38-27(37)28(15-6-1-2-7-16-28)22-9-4-3-5-10-22;/h3-5,8-12,21,23H,1-2,6-7,13-20H2;1H/t21?,23-,35?;/m0./s1. The van der Waals surface area contributed by atoms with E-state index in [0.29, 0.717) is 11.0 Å². The Morgan fingerprint density at radius 2 is 1.64 bits per heavy atom. The lowest BCUT2D eigenvalue weighted by Gasteiger charge is -2.52. The first kappa shape index (κ1) is 29.3. The van der Waals surface area contributed by atoms with E-state index in [4.69, 9.17) is 4.74 Å². The number of nitrogens with zero attached hydrogens (tertiary/aromatic N) is 2. The molecule has 6 nitrogen and oxygen atoms in total. The van der Waals surface area contributed by atoms with Gasteiger partial charge in [-0.25, -0.2) is 4.98 Å². The third-order valence-corrected chi connectivity index (χ3v) is 8.76. The number of alkyl halides is 3. The van der Waals surface area contributed by atoms with Crippen molar-refractivity contribution in [3.05, 3.63) is 59.8 Å². The first-order chi connectivity index (χ1) is 18.2. The van der Waals surface area contributed by atoms with Crippen LogP contribution < -0.4 is 17.7 Å². The lowest BCUT2D eigenvalue weighted by molar-refractivity contribution is -0.939. The van der Waals surface area contributed by atoms with E-state index in [1.165, 1.54) is 12.1 Å². The summed E-state index contributed by atoms with van der Waals surface area (Å²) in [5, 5.41) is 2.55. The quantitative estimate of drug-likeness (QED) is 0.332. The molecule has 3 aliphatic heterocycles. The average Bonchev–Trinajstić information content (AvgIpc) is 3.16. The summed E-state index contributed by atoms with van der Waals surface area (Å²) in [6.07, 6.45) is 2.61. The summed E-state index contributed by atoms with van der Waals surface area (Å²) < 4.78 is 45.9. The van der Waals surface area contributed by atoms with Gasteiger partial charge in [-0.3, -0.25) is 9.59 Å². The Kier molecular flexibility index (Phi) is 8.91. The van der Waals surface area contributed by atoms with Crippen LogP contribution in [0.5, 0.6) is 0 Å². The van der Waals surface area contributed by atoms with Crippen molar-refractivity contribution in [3.8, 4) is 0 Å². The van der Waals surface area contributed by atoms with E-state index in [0.717, 1.165) is 76.1 Å². The highest BCUT2D eigenvalue weighted by Gasteiger charge is 2.51. The van der Waals surface area contributed by atoms with Crippen LogP contribution in [0.15, 0.2) is 48.5 Å². The van der Waals surface area contributed by atoms with E-state index < -0.39 is 17.3 Å². The van der Waals surface area contributed by atoms with Crippen molar-refractivity contribution in [1.82, 2.24) is 4.98 Å². The second-order valence-electron chi connectivity index (χ2n) is 11.2. The van der Waals surface area contributed by atoms with Gasteiger partial charge in [0.05, 0.1) is 18.5 Å². The fourth-order valence-corrected chi connectivity index (χ4v) is 6.68. The van der Waals surface area contributed by atoms with E-state index in [1.54, 1.807) is 0 Å². The van der Waals surface area contributed by atoms with Gasteiger partial charge in [-0.05, 0) is 30.5 Å². The van der Waals surface area contributed by atoms with E-state index >= 15 is 0 Å². The molecule has 6 rings (SSSR count). The molecule has 10 heteroatoms. The molecule has 3 saturated heterocycles. The second-order valence-corrected chi connectivity index (χ2v) is 11.2. The van der Waals surface area contributed by atoms with Crippen LogP contribution in [0.25, 0.3) is 0 Å². The van der Waals surface area contributed by atoms with Gasteiger partial charge in [0.2, 0.25) is 0 Å². The van der Waals surface area contributed by atoms with Gasteiger partial charge in [-0.15, -0.1) is 0 Å². The summed E-state index contributed by atoms with van der Waals surface area (Å²) in [5.41, 5.74) is -0.662. The summed E-state index contributed by atoms with van der Waals surface area (Å²) in [6.45, 7) is 2.23. The minimum atomic E-state index is -4.58. The summed E-state index contributed by atoms with van der Waals surface area (Å²) in [4.78, 5) is 30.4. The summed E-state index contributed by atoms with van der Waals surface area (Å²) >= 11 is 0. The van der Waals surface area contributed by atoms with Crippen molar-refractivity contribution in [1.29, 1.82) is 0 Å². The lowest BCUT2D eigenvalue weighted by atomic mass is 9.74. The molecule has 0 radical (unpaired) electrons. The fraction of sp³-hybridized carbons (Fsp3) is 0.552. The molecule has 1 aromatic carbocycles. The number of carbonyl (C=O) groups excluding carboxylic acids is 2. The van der Waals surface area contributed by atoms with Crippen molar-refractivity contribution < 1.29 is 44.4 Å². The van der Waals surface area contributed by atoms with Crippen LogP contribution in [-0.2, 0) is 25.9 Å². The number of piperidine rings is 3. The zero-order valence-corrected chi connectivity index (χ0v) is 22.6. The van der Waals surface area contributed by atoms with Gasteiger partial charge >= 0.3 is 12.1 Å². The number of anilines is 1. The molecule has 2 bridgehead atoms. The number of carbonyl (C=O) groups is 2. The number of aromatic nitrogens is 1. The number of esters is 1. The first-order valence-corrected chi connectivity index (χ1v) is 13.7. The summed E-state index contributed by atoms with van der Waals surface area (Å²) in [6, 6.07) is 13.4. The molecule has 212 valence electrons. The van der Waals surface area contributed by atoms with Gasteiger partial charge in [0.15, 0.2) is 12.6 Å². The number of rotatable bonds is 6. The van der Waals surface area contributed by atoms with Crippen molar-refractivity contribution in [2.75, 3.05) is 31.5 Å². The Morgan fingerprint density at radius 3 is 2.28 bits per heavy atom. The van der Waals surface area contributed by atoms with E-state index in [-0.39, 0.29) is 48.7 Å². The van der Waals surface area contributed by atoms with Crippen molar-refractivity contribution in [3.63, 3.8) is 0 Å². The predicted octanol–water partition coefficient (Wildman–Crippen LogP) is 2.49. The zero-order valence-electron chi connectivity index (χ0n) is 21.9. The van der Waals surface area contributed by atoms with Crippen LogP contribution in [0.4, 0.5) is 19.0 Å². The SMILES string of the molecule is O=C(C[N+]12CCC(CC1)[C@@H](OC(=O)C1(c3ccccc3)CCCCCC1)C2)Nc1cccc(C(F)(F)F)n1.[Cl-]. The number of hydrogen-bond donors (Lipinski definition) is 1. The molecule has 1 aromatic heterocycles. The molecule has 1 amide bonds. The van der Waals surface area contributed by atoms with Gasteiger partial charge in [0.25, 0.3) is 5.91 Å². The Hall–Kier alpha value is -2.65. The van der Waals surface area contributed by atoms with Gasteiger partial charge in [0, 0.05) is 18.8 Å². The highest BCUT2D eigenvalue weighted by molar-refractivity contribution is 5.90. The highest BCUT2D eigenvalue weighted by atomic mass is 35.5. The average molecular weight is 566 g/mol. The molecule has 1 saturated carbocycles. The number of fused-ring (bicyclic) bond motifs is 3. The Morgan fingerprint density at radius 1 is 0.974 bits per heavy atom. The molecule has 0 spiro atoms. The Balaban J connectivity index is 0.00000353. The molecule has 2 aromatic rings. The number of quaternary nitrogens is 1. The predicted molar refractivity (Wildman–Crippen MR) is 136 cm³/mol. The third kappa shape index (κ3) is 6.40. The zero-order chi connectivity index (χ0) is 26.8. The maximum atomic E-state index is 13.9. The van der Waals surface area contributed by atoms with Crippen molar-refractivity contribution in [2.24, 2.45) is 5.92 Å². The smallest absolute Gasteiger partial charge is 0.433 e. The second kappa shape index (κ2) is 11.8. The monoisotopic (exact) mass is 565 g/mol. The van der Waals surface area contributed by atoms with Crippen LogP contribution in [0.2, 0.25) is 0 Å². The topological polar surface area (TPSA) is 68.3 Å². The number of ether oxygens (including phenoxy) is 1. The van der Waals surface area contributed by atoms with Crippen LogP contribution in [0.3, 0.4) is 0 Å². The minimum absolute atomic E-state index is 0. The Labute approximate surface area is 233 Å². The van der Waals surface area contributed by atoms with E-state index in [9.17, 15) is 22.8 Å². The van der Waals surface area contributed by atoms with Crippen LogP contribution in [0.1, 0.15) is 62.6 Å². The third-order valence-electron chi connectivity index (χ3n) is 8.76. The number of nitrogens with one attached hydrogen (secondary N) is 1. The molecular formula is C29H35ClF3N3O3. The molecule has 4 fully saturated rings. The largest absolute Gasteiger partial charge is 1.00 e. The molecular weight excluding hydrogens is 531 g/mol. The molecule has 1 N–H and O–H groups in total. The van der Waals surface area contributed by atoms with Gasteiger partial charge in [-0.1, -0.05) is 62.1 Å². The number of benzene rings is 1. The number of hydrogen-bond acceptors (Lipinski definition) is 4. The first-order valence-electron chi connectivity index (χ1n) is 13.7. The maximum Gasteiger partial charge on any atom is 0.433 e. The molecule has 39 heavy (non-hydrogen) atoms. The molecule has 1 aliphatic carbocycles. The molecule has 4 heterocycles. The van der Waals surface area contributed by atoms with E-state index in [1.807, 2.05) is 30.3 Å². The normalized spacial score (nSPS) is 26.1. The van der Waals surface area contributed by atoms with Gasteiger partial charge in [-0.2, -0.15) is 13.2 Å².